The lowest BCUT2D eigenvalue weighted by Crippen LogP contribution is -2.13. The Hall–Kier alpha value is -0.890. The Balaban J connectivity index is 2.25. The van der Waals surface area contributed by atoms with E-state index < -0.39 is 0 Å². The molecular formula is C10H16N2. The Morgan fingerprint density at radius 3 is 2.75 bits per heavy atom. The van der Waals surface area contributed by atoms with Crippen LogP contribution in [-0.2, 0) is 6.42 Å². The molecule has 0 bridgehead atoms. The highest BCUT2D eigenvalue weighted by molar-refractivity contribution is 5.03. The van der Waals surface area contributed by atoms with Gasteiger partial charge in [0, 0.05) is 11.9 Å². The summed E-state index contributed by atoms with van der Waals surface area (Å²) in [6, 6.07) is 6.07. The molecule has 0 aliphatic carbocycles. The second kappa shape index (κ2) is 4.88. The number of hydrogen-bond acceptors (Lipinski definition) is 2. The van der Waals surface area contributed by atoms with Crippen LogP contribution in [-0.4, -0.2) is 30.5 Å². The van der Waals surface area contributed by atoms with Crippen molar-refractivity contribution in [2.24, 2.45) is 0 Å². The third-order valence-corrected chi connectivity index (χ3v) is 1.76. The van der Waals surface area contributed by atoms with Crippen LogP contribution in [0.15, 0.2) is 24.4 Å². The van der Waals surface area contributed by atoms with E-state index in [2.05, 4.69) is 30.0 Å². The SMILES string of the molecule is CN(C)CCCc1ccccn1. The lowest BCUT2D eigenvalue weighted by atomic mass is 10.2. The highest BCUT2D eigenvalue weighted by atomic mass is 15.0. The molecule has 2 nitrogen and oxygen atoms in total. The average molecular weight is 164 g/mol. The molecule has 0 N–H and O–H groups in total. The van der Waals surface area contributed by atoms with Crippen molar-refractivity contribution in [3.63, 3.8) is 0 Å². The van der Waals surface area contributed by atoms with Gasteiger partial charge in [-0.15, -0.1) is 0 Å². The molecule has 0 unspecified atom stereocenters. The van der Waals surface area contributed by atoms with Gasteiger partial charge < -0.3 is 4.90 Å². The smallest absolute Gasteiger partial charge is 0.0404 e. The third-order valence-electron chi connectivity index (χ3n) is 1.76. The maximum absolute atomic E-state index is 4.26. The third kappa shape index (κ3) is 3.49. The highest BCUT2D eigenvalue weighted by Crippen LogP contribution is 1.98. The zero-order valence-electron chi connectivity index (χ0n) is 7.83. The van der Waals surface area contributed by atoms with Crippen molar-refractivity contribution in [1.29, 1.82) is 0 Å². The lowest BCUT2D eigenvalue weighted by molar-refractivity contribution is 0.399. The summed E-state index contributed by atoms with van der Waals surface area (Å²) in [4.78, 5) is 6.45. The standard InChI is InChI=1S/C10H16N2/c1-12(2)9-5-7-10-6-3-4-8-11-10/h3-4,6,8H,5,7,9H2,1-2H3. The first-order chi connectivity index (χ1) is 5.79. The van der Waals surface area contributed by atoms with Crippen LogP contribution in [0.5, 0.6) is 0 Å². The fourth-order valence-corrected chi connectivity index (χ4v) is 1.12. The summed E-state index contributed by atoms with van der Waals surface area (Å²) in [5, 5.41) is 0. The van der Waals surface area contributed by atoms with Crippen LogP contribution < -0.4 is 0 Å². The molecule has 0 atom stereocenters. The van der Waals surface area contributed by atoms with Gasteiger partial charge in [0.2, 0.25) is 0 Å². The van der Waals surface area contributed by atoms with Gasteiger partial charge in [0.25, 0.3) is 0 Å². The van der Waals surface area contributed by atoms with E-state index in [4.69, 9.17) is 0 Å². The van der Waals surface area contributed by atoms with Gasteiger partial charge >= 0.3 is 0 Å². The molecule has 0 saturated carbocycles. The van der Waals surface area contributed by atoms with Crippen molar-refractivity contribution in [2.75, 3.05) is 20.6 Å². The van der Waals surface area contributed by atoms with E-state index in [-0.39, 0.29) is 0 Å². The van der Waals surface area contributed by atoms with Gasteiger partial charge in [0.1, 0.15) is 0 Å². The second-order valence-corrected chi connectivity index (χ2v) is 3.23. The summed E-state index contributed by atoms with van der Waals surface area (Å²) in [6.45, 7) is 1.14. The summed E-state index contributed by atoms with van der Waals surface area (Å²) in [7, 11) is 4.19. The van der Waals surface area contributed by atoms with Crippen LogP contribution in [0.3, 0.4) is 0 Å². The Morgan fingerprint density at radius 1 is 1.33 bits per heavy atom. The van der Waals surface area contributed by atoms with Crippen molar-refractivity contribution >= 4 is 0 Å². The van der Waals surface area contributed by atoms with Crippen LogP contribution in [0.1, 0.15) is 12.1 Å². The van der Waals surface area contributed by atoms with Crippen LogP contribution in [0.4, 0.5) is 0 Å². The Kier molecular flexibility index (Phi) is 3.74. The topological polar surface area (TPSA) is 16.1 Å². The monoisotopic (exact) mass is 164 g/mol. The minimum atomic E-state index is 1.08. The van der Waals surface area contributed by atoms with E-state index in [1.807, 2.05) is 18.3 Å². The van der Waals surface area contributed by atoms with Crippen LogP contribution in [0.25, 0.3) is 0 Å². The fourth-order valence-electron chi connectivity index (χ4n) is 1.12. The van der Waals surface area contributed by atoms with Crippen molar-refractivity contribution in [3.05, 3.63) is 30.1 Å². The molecule has 0 aliphatic rings. The molecule has 66 valence electrons. The summed E-state index contributed by atoms with van der Waals surface area (Å²) >= 11 is 0. The van der Waals surface area contributed by atoms with Crippen LogP contribution >= 0.6 is 0 Å². The molecule has 2 heteroatoms. The van der Waals surface area contributed by atoms with Crippen molar-refractivity contribution in [1.82, 2.24) is 9.88 Å². The largest absolute Gasteiger partial charge is 0.309 e. The molecule has 0 aliphatic heterocycles. The maximum atomic E-state index is 4.26. The van der Waals surface area contributed by atoms with E-state index in [1.54, 1.807) is 0 Å². The van der Waals surface area contributed by atoms with E-state index in [0.717, 1.165) is 13.0 Å². The summed E-state index contributed by atoms with van der Waals surface area (Å²) in [5.41, 5.74) is 1.19. The van der Waals surface area contributed by atoms with Crippen LogP contribution in [0, 0.1) is 0 Å². The first-order valence-electron chi connectivity index (χ1n) is 4.33. The predicted molar refractivity (Wildman–Crippen MR) is 51.1 cm³/mol. The first-order valence-corrected chi connectivity index (χ1v) is 4.33. The van der Waals surface area contributed by atoms with Gasteiger partial charge in [-0.25, -0.2) is 0 Å². The van der Waals surface area contributed by atoms with Crippen molar-refractivity contribution < 1.29 is 0 Å². The molecule has 0 radical (unpaired) electrons. The van der Waals surface area contributed by atoms with E-state index >= 15 is 0 Å². The molecule has 1 aromatic heterocycles. The Labute approximate surface area is 74.2 Å². The molecule has 0 amide bonds. The molecular weight excluding hydrogens is 148 g/mol. The number of pyridine rings is 1. The highest BCUT2D eigenvalue weighted by Gasteiger charge is 1.93. The average Bonchev–Trinajstić information content (AvgIpc) is 2.05. The Morgan fingerprint density at radius 2 is 2.17 bits per heavy atom. The normalized spacial score (nSPS) is 10.6. The molecule has 1 aromatic rings. The first kappa shape index (κ1) is 9.20. The molecule has 12 heavy (non-hydrogen) atoms. The molecule has 1 rings (SSSR count). The lowest BCUT2D eigenvalue weighted by Gasteiger charge is -2.07. The van der Waals surface area contributed by atoms with Crippen LogP contribution in [0.2, 0.25) is 0 Å². The fraction of sp³-hybridized carbons (Fsp3) is 0.500. The number of aryl methyl sites for hydroxylation is 1. The summed E-state index contributed by atoms with van der Waals surface area (Å²) in [6.07, 6.45) is 4.12. The van der Waals surface area contributed by atoms with E-state index in [1.165, 1.54) is 12.1 Å². The molecule has 0 aromatic carbocycles. The van der Waals surface area contributed by atoms with Crippen molar-refractivity contribution in [2.45, 2.75) is 12.8 Å². The van der Waals surface area contributed by atoms with Gasteiger partial charge in [-0.3, -0.25) is 4.98 Å². The quantitative estimate of drug-likeness (QED) is 0.671. The summed E-state index contributed by atoms with van der Waals surface area (Å²) in [5.74, 6) is 0. The molecule has 1 heterocycles. The van der Waals surface area contributed by atoms with Gasteiger partial charge in [0.15, 0.2) is 0 Å². The number of rotatable bonds is 4. The molecule has 0 saturated heterocycles. The van der Waals surface area contributed by atoms with E-state index in [9.17, 15) is 0 Å². The predicted octanol–water partition coefficient (Wildman–Crippen LogP) is 1.58. The zero-order chi connectivity index (χ0) is 8.81. The van der Waals surface area contributed by atoms with Gasteiger partial charge in [0.05, 0.1) is 0 Å². The minimum Gasteiger partial charge on any atom is -0.309 e. The Bertz CT molecular complexity index is 206. The molecule has 0 fully saturated rings. The van der Waals surface area contributed by atoms with Gasteiger partial charge in [-0.1, -0.05) is 6.07 Å². The minimum absolute atomic E-state index is 1.08. The number of nitrogens with zero attached hydrogens (tertiary/aromatic N) is 2. The second-order valence-electron chi connectivity index (χ2n) is 3.23. The maximum Gasteiger partial charge on any atom is 0.0404 e. The summed E-state index contributed by atoms with van der Waals surface area (Å²) < 4.78 is 0. The molecule has 0 spiro atoms. The van der Waals surface area contributed by atoms with Gasteiger partial charge in [-0.2, -0.15) is 0 Å². The van der Waals surface area contributed by atoms with Gasteiger partial charge in [-0.05, 0) is 45.6 Å². The van der Waals surface area contributed by atoms with E-state index in [0.29, 0.717) is 0 Å². The van der Waals surface area contributed by atoms with Crippen molar-refractivity contribution in [3.8, 4) is 0 Å². The number of aromatic nitrogens is 1. The number of hydrogen-bond donors (Lipinski definition) is 0. The zero-order valence-corrected chi connectivity index (χ0v) is 7.83.